The zero-order valence-corrected chi connectivity index (χ0v) is 18.4. The van der Waals surface area contributed by atoms with E-state index in [0.717, 1.165) is 18.4 Å². The molecule has 0 radical (unpaired) electrons. The SMILES string of the molecule is Cc1cccc(NC(=O)[C@@H](C)NS(=O)(=O)c2cc(-c3noc(C4CC4)n3)ccc2C)c1. The lowest BCUT2D eigenvalue weighted by Gasteiger charge is -2.16. The zero-order chi connectivity index (χ0) is 22.2. The molecule has 1 amide bonds. The molecular weight excluding hydrogens is 416 g/mol. The molecule has 1 aliphatic carbocycles. The van der Waals surface area contributed by atoms with Crippen LogP contribution in [0.2, 0.25) is 0 Å². The van der Waals surface area contributed by atoms with E-state index in [1.807, 2.05) is 25.1 Å². The Hall–Kier alpha value is -3.04. The fourth-order valence-corrected chi connectivity index (χ4v) is 4.67. The fourth-order valence-electron chi connectivity index (χ4n) is 3.20. The van der Waals surface area contributed by atoms with Crippen LogP contribution >= 0.6 is 0 Å². The minimum absolute atomic E-state index is 0.0676. The molecule has 0 spiro atoms. The molecule has 162 valence electrons. The van der Waals surface area contributed by atoms with Crippen LogP contribution in [0.5, 0.6) is 0 Å². The number of sulfonamides is 1. The highest BCUT2D eigenvalue weighted by molar-refractivity contribution is 7.89. The first kappa shape index (κ1) is 21.2. The molecule has 1 aromatic heterocycles. The fraction of sp³-hybridized carbons (Fsp3) is 0.318. The van der Waals surface area contributed by atoms with Gasteiger partial charge < -0.3 is 9.84 Å². The Kier molecular flexibility index (Phi) is 5.63. The van der Waals surface area contributed by atoms with Crippen molar-refractivity contribution in [1.29, 1.82) is 0 Å². The second kappa shape index (κ2) is 8.24. The van der Waals surface area contributed by atoms with Crippen LogP contribution in [0.4, 0.5) is 5.69 Å². The topological polar surface area (TPSA) is 114 Å². The lowest BCUT2D eigenvalue weighted by molar-refractivity contribution is -0.117. The minimum Gasteiger partial charge on any atom is -0.339 e. The minimum atomic E-state index is -3.96. The molecule has 31 heavy (non-hydrogen) atoms. The van der Waals surface area contributed by atoms with Crippen LogP contribution in [-0.4, -0.2) is 30.5 Å². The Morgan fingerprint density at radius 3 is 2.65 bits per heavy atom. The number of benzene rings is 2. The van der Waals surface area contributed by atoms with E-state index in [0.29, 0.717) is 34.4 Å². The molecule has 1 atom stereocenters. The number of carbonyl (C=O) groups is 1. The highest BCUT2D eigenvalue weighted by atomic mass is 32.2. The highest BCUT2D eigenvalue weighted by Crippen LogP contribution is 2.39. The molecule has 1 heterocycles. The van der Waals surface area contributed by atoms with Crippen LogP contribution in [0.1, 0.15) is 42.7 Å². The van der Waals surface area contributed by atoms with Gasteiger partial charge in [-0.2, -0.15) is 9.71 Å². The van der Waals surface area contributed by atoms with Crippen LogP contribution in [0.25, 0.3) is 11.4 Å². The van der Waals surface area contributed by atoms with E-state index < -0.39 is 22.0 Å². The molecule has 1 fully saturated rings. The summed E-state index contributed by atoms with van der Waals surface area (Å²) in [4.78, 5) is 17.0. The van der Waals surface area contributed by atoms with Crippen molar-refractivity contribution in [2.75, 3.05) is 5.32 Å². The number of hydrogen-bond donors (Lipinski definition) is 2. The Morgan fingerprint density at radius 2 is 1.94 bits per heavy atom. The predicted molar refractivity (Wildman–Crippen MR) is 116 cm³/mol. The van der Waals surface area contributed by atoms with Gasteiger partial charge in [-0.3, -0.25) is 4.79 Å². The molecule has 0 unspecified atom stereocenters. The second-order valence-electron chi connectivity index (χ2n) is 7.91. The third-order valence-electron chi connectivity index (χ3n) is 5.12. The summed E-state index contributed by atoms with van der Waals surface area (Å²) in [5.41, 5.74) is 2.69. The number of nitrogens with zero attached hydrogens (tertiary/aromatic N) is 2. The summed E-state index contributed by atoms with van der Waals surface area (Å²) in [6.45, 7) is 5.11. The summed E-state index contributed by atoms with van der Waals surface area (Å²) >= 11 is 0. The first-order valence-corrected chi connectivity index (χ1v) is 11.6. The smallest absolute Gasteiger partial charge is 0.242 e. The molecular formula is C22H24N4O4S. The van der Waals surface area contributed by atoms with Crippen LogP contribution < -0.4 is 10.0 Å². The Bertz CT molecular complexity index is 1230. The number of nitrogens with one attached hydrogen (secondary N) is 2. The summed E-state index contributed by atoms with van der Waals surface area (Å²) in [5, 5.41) is 6.71. The average molecular weight is 441 g/mol. The van der Waals surface area contributed by atoms with Gasteiger partial charge in [-0.15, -0.1) is 0 Å². The van der Waals surface area contributed by atoms with Gasteiger partial charge in [-0.05, 0) is 62.9 Å². The van der Waals surface area contributed by atoms with E-state index in [1.54, 1.807) is 25.1 Å². The molecule has 0 bridgehead atoms. The van der Waals surface area contributed by atoms with Crippen molar-refractivity contribution in [2.24, 2.45) is 0 Å². The molecule has 1 saturated carbocycles. The largest absolute Gasteiger partial charge is 0.339 e. The van der Waals surface area contributed by atoms with Crippen molar-refractivity contribution in [3.63, 3.8) is 0 Å². The van der Waals surface area contributed by atoms with Crippen molar-refractivity contribution in [3.05, 3.63) is 59.5 Å². The second-order valence-corrected chi connectivity index (χ2v) is 9.59. The van der Waals surface area contributed by atoms with Gasteiger partial charge >= 0.3 is 0 Å². The van der Waals surface area contributed by atoms with Gasteiger partial charge in [-0.1, -0.05) is 29.4 Å². The number of anilines is 1. The maximum absolute atomic E-state index is 13.0. The number of aromatic nitrogens is 2. The molecule has 8 nitrogen and oxygen atoms in total. The van der Waals surface area contributed by atoms with E-state index in [-0.39, 0.29) is 4.90 Å². The van der Waals surface area contributed by atoms with Gasteiger partial charge in [0, 0.05) is 17.2 Å². The normalized spacial score (nSPS) is 14.9. The third kappa shape index (κ3) is 4.83. The Morgan fingerprint density at radius 1 is 1.16 bits per heavy atom. The standard InChI is InChI=1S/C22H24N4O4S/c1-13-5-4-6-18(11-13)23-21(27)15(3)26-31(28,29)19-12-17(8-7-14(19)2)20-24-22(30-25-20)16-9-10-16/h4-8,11-12,15-16,26H,9-10H2,1-3H3,(H,23,27)/t15-/m1/s1. The van der Waals surface area contributed by atoms with Crippen molar-refractivity contribution in [1.82, 2.24) is 14.9 Å². The van der Waals surface area contributed by atoms with Crippen molar-refractivity contribution < 1.29 is 17.7 Å². The maximum atomic E-state index is 13.0. The lowest BCUT2D eigenvalue weighted by Crippen LogP contribution is -2.41. The third-order valence-corrected chi connectivity index (χ3v) is 6.80. The summed E-state index contributed by atoms with van der Waals surface area (Å²) in [6, 6.07) is 11.3. The summed E-state index contributed by atoms with van der Waals surface area (Å²) in [6.07, 6.45) is 2.06. The quantitative estimate of drug-likeness (QED) is 0.581. The number of aryl methyl sites for hydroxylation is 2. The van der Waals surface area contributed by atoms with Crippen molar-refractivity contribution in [3.8, 4) is 11.4 Å². The van der Waals surface area contributed by atoms with Gasteiger partial charge in [0.15, 0.2) is 0 Å². The number of hydrogen-bond acceptors (Lipinski definition) is 6. The van der Waals surface area contributed by atoms with E-state index >= 15 is 0 Å². The zero-order valence-electron chi connectivity index (χ0n) is 17.5. The monoisotopic (exact) mass is 440 g/mol. The number of carbonyl (C=O) groups excluding carboxylic acids is 1. The molecule has 4 rings (SSSR count). The van der Waals surface area contributed by atoms with Crippen LogP contribution in [-0.2, 0) is 14.8 Å². The van der Waals surface area contributed by atoms with Crippen molar-refractivity contribution in [2.45, 2.75) is 50.5 Å². The molecule has 9 heteroatoms. The predicted octanol–water partition coefficient (Wildman–Crippen LogP) is 3.54. The first-order chi connectivity index (χ1) is 14.7. The maximum Gasteiger partial charge on any atom is 0.242 e. The highest BCUT2D eigenvalue weighted by Gasteiger charge is 2.30. The van der Waals surface area contributed by atoms with Gasteiger partial charge in [0.2, 0.25) is 27.6 Å². The van der Waals surface area contributed by atoms with E-state index in [2.05, 4.69) is 20.2 Å². The van der Waals surface area contributed by atoms with Gasteiger partial charge in [0.05, 0.1) is 10.9 Å². The summed E-state index contributed by atoms with van der Waals surface area (Å²) in [7, 11) is -3.96. The molecule has 0 aliphatic heterocycles. The van der Waals surface area contributed by atoms with Crippen LogP contribution in [0, 0.1) is 13.8 Å². The number of amides is 1. The average Bonchev–Trinajstić information content (AvgIpc) is 3.45. The van der Waals surface area contributed by atoms with E-state index in [4.69, 9.17) is 4.52 Å². The van der Waals surface area contributed by atoms with Crippen LogP contribution in [0.3, 0.4) is 0 Å². The van der Waals surface area contributed by atoms with Gasteiger partial charge in [-0.25, -0.2) is 8.42 Å². The Labute approximate surface area is 181 Å². The molecule has 2 aromatic carbocycles. The van der Waals surface area contributed by atoms with Gasteiger partial charge in [0.25, 0.3) is 0 Å². The lowest BCUT2D eigenvalue weighted by atomic mass is 10.1. The summed E-state index contributed by atoms with van der Waals surface area (Å²) in [5.74, 6) is 0.794. The number of rotatable bonds is 7. The molecule has 2 N–H and O–H groups in total. The first-order valence-electron chi connectivity index (χ1n) is 10.1. The molecule has 3 aromatic rings. The molecule has 0 saturated heterocycles. The molecule has 1 aliphatic rings. The van der Waals surface area contributed by atoms with Crippen LogP contribution in [0.15, 0.2) is 51.9 Å². The van der Waals surface area contributed by atoms with Gasteiger partial charge in [0.1, 0.15) is 0 Å². The Balaban J connectivity index is 1.52. The van der Waals surface area contributed by atoms with E-state index in [1.165, 1.54) is 13.0 Å². The van der Waals surface area contributed by atoms with Crippen molar-refractivity contribution >= 4 is 21.6 Å². The van der Waals surface area contributed by atoms with E-state index in [9.17, 15) is 13.2 Å². The summed E-state index contributed by atoms with van der Waals surface area (Å²) < 4.78 is 33.8.